The Hall–Kier alpha value is -3.49. The van der Waals surface area contributed by atoms with Crippen LogP contribution in [-0.4, -0.2) is 55.1 Å². The van der Waals surface area contributed by atoms with Gasteiger partial charge in [-0.2, -0.15) is 0 Å². The number of aromatic nitrogens is 1. The minimum absolute atomic E-state index is 0.106. The summed E-state index contributed by atoms with van der Waals surface area (Å²) in [5.41, 5.74) is 4.96. The highest BCUT2D eigenvalue weighted by Gasteiger charge is 2.58. The molecule has 4 aliphatic rings. The standard InChI is InChI=1S/C37H47N5O3/c1-19-8-11-24(21(3)32(19)45-18-36(4,5)41-34(43)30-26-14-38-15-27(26)30)23-10-9-22-12-20(2)40-33(25(22)13-23)37(6,7)42-35(44)31-28-16-39-17-29(28)31/h8-13,26-31,38-39H,14-18H2,1-7H3,(H,41,43)(H,42,44)/t26-,27+,28-,29+,30+,31+. The predicted octanol–water partition coefficient (Wildman–Crippen LogP) is 4.38. The van der Waals surface area contributed by atoms with Crippen molar-refractivity contribution in [2.75, 3.05) is 32.8 Å². The molecule has 2 saturated carbocycles. The SMILES string of the molecule is Cc1cc2ccc(-c3ccc(C)c(OCC(C)(C)NC(=O)[C@H]4[C@@H]5CNC[C@@H]54)c3C)cc2c(C(C)(C)NC(=O)[C@H]2[C@@H]3CNC[C@@H]32)n1. The third kappa shape index (κ3) is 5.50. The summed E-state index contributed by atoms with van der Waals surface area (Å²) < 4.78 is 6.48. The number of hydrogen-bond acceptors (Lipinski definition) is 6. The van der Waals surface area contributed by atoms with Crippen LogP contribution >= 0.6 is 0 Å². The molecule has 3 aromatic rings. The lowest BCUT2D eigenvalue weighted by Gasteiger charge is -2.29. The number of benzene rings is 2. The van der Waals surface area contributed by atoms with Gasteiger partial charge >= 0.3 is 0 Å². The normalized spacial score (nSPS) is 26.7. The van der Waals surface area contributed by atoms with E-state index in [2.05, 4.69) is 85.4 Å². The number of nitrogens with one attached hydrogen (secondary N) is 4. The molecule has 0 unspecified atom stereocenters. The lowest BCUT2D eigenvalue weighted by atomic mass is 9.90. The second kappa shape index (κ2) is 10.8. The van der Waals surface area contributed by atoms with E-state index in [-0.39, 0.29) is 23.7 Å². The maximum Gasteiger partial charge on any atom is 0.224 e. The van der Waals surface area contributed by atoms with Gasteiger partial charge in [0.2, 0.25) is 11.8 Å². The van der Waals surface area contributed by atoms with Crippen molar-refractivity contribution < 1.29 is 14.3 Å². The van der Waals surface area contributed by atoms with Crippen LogP contribution in [0, 0.1) is 56.3 Å². The van der Waals surface area contributed by atoms with Crippen LogP contribution in [0.1, 0.15) is 50.2 Å². The number of nitrogens with zero attached hydrogens (tertiary/aromatic N) is 1. The number of ether oxygens (including phenoxy) is 1. The van der Waals surface area contributed by atoms with Crippen LogP contribution < -0.4 is 26.0 Å². The number of aryl methyl sites for hydroxylation is 2. The summed E-state index contributed by atoms with van der Waals surface area (Å²) in [5, 5.41) is 15.5. The van der Waals surface area contributed by atoms with Crippen LogP contribution in [0.2, 0.25) is 0 Å². The molecule has 0 bridgehead atoms. The van der Waals surface area contributed by atoms with Gasteiger partial charge in [0.1, 0.15) is 12.4 Å². The molecule has 4 N–H and O–H groups in total. The third-order valence-electron chi connectivity index (χ3n) is 10.7. The lowest BCUT2D eigenvalue weighted by Crippen LogP contribution is -2.49. The fourth-order valence-electron chi connectivity index (χ4n) is 8.16. The number of fused-ring (bicyclic) bond motifs is 3. The van der Waals surface area contributed by atoms with Gasteiger partial charge in [0, 0.05) is 22.9 Å². The molecule has 2 aromatic carbocycles. The molecule has 0 radical (unpaired) electrons. The van der Waals surface area contributed by atoms with E-state index in [0.29, 0.717) is 30.3 Å². The van der Waals surface area contributed by atoms with Crippen LogP contribution in [0.5, 0.6) is 5.75 Å². The molecule has 8 heteroatoms. The zero-order valence-electron chi connectivity index (χ0n) is 27.6. The summed E-state index contributed by atoms with van der Waals surface area (Å²) in [4.78, 5) is 31.3. The Balaban J connectivity index is 1.13. The second-order valence-corrected chi connectivity index (χ2v) is 15.2. The number of carbonyl (C=O) groups excluding carboxylic acids is 2. The van der Waals surface area contributed by atoms with Crippen LogP contribution in [0.4, 0.5) is 0 Å². The fourth-order valence-corrected chi connectivity index (χ4v) is 8.16. The van der Waals surface area contributed by atoms with E-state index in [1.54, 1.807) is 0 Å². The fraction of sp³-hybridized carbons (Fsp3) is 0.541. The number of piperidine rings is 2. The average molecular weight is 610 g/mol. The summed E-state index contributed by atoms with van der Waals surface area (Å²) >= 11 is 0. The number of pyridine rings is 1. The Kier molecular flexibility index (Phi) is 7.24. The summed E-state index contributed by atoms with van der Waals surface area (Å²) in [5.74, 6) is 3.28. The average Bonchev–Trinajstić information content (AvgIpc) is 3.68. The molecule has 0 spiro atoms. The van der Waals surface area contributed by atoms with Crippen LogP contribution in [0.15, 0.2) is 36.4 Å². The summed E-state index contributed by atoms with van der Waals surface area (Å²) in [7, 11) is 0. The van der Waals surface area contributed by atoms with Crippen molar-refractivity contribution in [1.29, 1.82) is 0 Å². The summed E-state index contributed by atoms with van der Waals surface area (Å²) in [6, 6.07) is 12.9. The van der Waals surface area contributed by atoms with Gasteiger partial charge in [-0.15, -0.1) is 0 Å². The van der Waals surface area contributed by atoms with E-state index in [1.165, 1.54) is 0 Å². The van der Waals surface area contributed by atoms with Crippen molar-refractivity contribution in [3.63, 3.8) is 0 Å². The van der Waals surface area contributed by atoms with Gasteiger partial charge in [0.25, 0.3) is 0 Å². The highest BCUT2D eigenvalue weighted by Crippen LogP contribution is 2.50. The molecule has 7 rings (SSSR count). The molecule has 238 valence electrons. The lowest BCUT2D eigenvalue weighted by molar-refractivity contribution is -0.125. The first-order valence-corrected chi connectivity index (χ1v) is 16.6. The number of amides is 2. The number of rotatable bonds is 9. The van der Waals surface area contributed by atoms with Crippen molar-refractivity contribution >= 4 is 22.6 Å². The second-order valence-electron chi connectivity index (χ2n) is 15.2. The Labute approximate surface area is 266 Å². The van der Waals surface area contributed by atoms with E-state index < -0.39 is 11.1 Å². The number of carbonyl (C=O) groups is 2. The molecule has 2 aliphatic carbocycles. The molecular formula is C37H47N5O3. The highest BCUT2D eigenvalue weighted by atomic mass is 16.5. The van der Waals surface area contributed by atoms with Gasteiger partial charge in [-0.25, -0.2) is 0 Å². The van der Waals surface area contributed by atoms with Crippen molar-refractivity contribution in [1.82, 2.24) is 26.3 Å². The predicted molar refractivity (Wildman–Crippen MR) is 177 cm³/mol. The van der Waals surface area contributed by atoms with Crippen molar-refractivity contribution in [3.8, 4) is 16.9 Å². The zero-order chi connectivity index (χ0) is 31.8. The van der Waals surface area contributed by atoms with E-state index in [0.717, 1.165) is 76.3 Å². The third-order valence-corrected chi connectivity index (χ3v) is 10.7. The molecule has 45 heavy (non-hydrogen) atoms. The van der Waals surface area contributed by atoms with Crippen molar-refractivity contribution in [2.45, 2.75) is 59.5 Å². The maximum absolute atomic E-state index is 13.3. The molecule has 4 fully saturated rings. The quantitative estimate of drug-likeness (QED) is 0.287. The molecule has 2 saturated heterocycles. The van der Waals surface area contributed by atoms with E-state index in [9.17, 15) is 9.59 Å². The summed E-state index contributed by atoms with van der Waals surface area (Å²) in [6.07, 6.45) is 0. The Bertz CT molecular complexity index is 1680. The molecule has 2 amide bonds. The number of hydrogen-bond donors (Lipinski definition) is 4. The molecule has 3 heterocycles. The molecule has 2 aliphatic heterocycles. The van der Waals surface area contributed by atoms with Crippen LogP contribution in [-0.2, 0) is 15.1 Å². The molecule has 6 atom stereocenters. The van der Waals surface area contributed by atoms with Crippen LogP contribution in [0.3, 0.4) is 0 Å². The molecule has 1 aromatic heterocycles. The van der Waals surface area contributed by atoms with Gasteiger partial charge in [0.05, 0.1) is 16.8 Å². The van der Waals surface area contributed by atoms with Crippen molar-refractivity contribution in [2.24, 2.45) is 35.5 Å². The van der Waals surface area contributed by atoms with Gasteiger partial charge in [0.15, 0.2) is 0 Å². The zero-order valence-corrected chi connectivity index (χ0v) is 27.6. The van der Waals surface area contributed by atoms with Gasteiger partial charge < -0.3 is 26.0 Å². The minimum Gasteiger partial charge on any atom is -0.491 e. The van der Waals surface area contributed by atoms with Gasteiger partial charge in [-0.3, -0.25) is 14.6 Å². The first-order valence-electron chi connectivity index (χ1n) is 16.6. The van der Waals surface area contributed by atoms with Crippen molar-refractivity contribution in [3.05, 3.63) is 58.9 Å². The van der Waals surface area contributed by atoms with Gasteiger partial charge in [-0.05, 0) is 138 Å². The van der Waals surface area contributed by atoms with Gasteiger partial charge in [-0.1, -0.05) is 24.3 Å². The van der Waals surface area contributed by atoms with E-state index in [1.807, 2.05) is 20.8 Å². The topological polar surface area (TPSA) is 104 Å². The van der Waals surface area contributed by atoms with Crippen LogP contribution in [0.25, 0.3) is 21.9 Å². The smallest absolute Gasteiger partial charge is 0.224 e. The Morgan fingerprint density at radius 1 is 0.844 bits per heavy atom. The van der Waals surface area contributed by atoms with E-state index in [4.69, 9.17) is 9.72 Å². The Morgan fingerprint density at radius 3 is 2.07 bits per heavy atom. The maximum atomic E-state index is 13.3. The van der Waals surface area contributed by atoms with E-state index >= 15 is 0 Å². The Morgan fingerprint density at radius 2 is 1.44 bits per heavy atom. The highest BCUT2D eigenvalue weighted by molar-refractivity contribution is 5.92. The molecule has 8 nitrogen and oxygen atoms in total. The summed E-state index contributed by atoms with van der Waals surface area (Å²) in [6.45, 7) is 18.5. The minimum atomic E-state index is -0.632. The first kappa shape index (κ1) is 30.2. The molecular weight excluding hydrogens is 562 g/mol. The largest absolute Gasteiger partial charge is 0.491 e. The first-order chi connectivity index (χ1) is 21.3. The monoisotopic (exact) mass is 609 g/mol.